The minimum Gasteiger partial charge on any atom is -0.478 e. The van der Waals surface area contributed by atoms with Gasteiger partial charge in [-0.05, 0) is 37.5 Å². The van der Waals surface area contributed by atoms with E-state index in [0.717, 1.165) is 25.9 Å². The molecule has 106 valence electrons. The molecule has 1 fully saturated rings. The summed E-state index contributed by atoms with van der Waals surface area (Å²) in [6.45, 7) is 3.11. The summed E-state index contributed by atoms with van der Waals surface area (Å²) in [6, 6.07) is 4.84. The van der Waals surface area contributed by atoms with E-state index in [1.165, 1.54) is 19.1 Å². The highest BCUT2D eigenvalue weighted by molar-refractivity contribution is 5.91. The molecule has 1 heterocycles. The van der Waals surface area contributed by atoms with Crippen LogP contribution in [0.1, 0.15) is 25.3 Å². The van der Waals surface area contributed by atoms with Crippen LogP contribution in [0.2, 0.25) is 0 Å². The van der Waals surface area contributed by atoms with Crippen molar-refractivity contribution in [1.82, 2.24) is 0 Å². The maximum absolute atomic E-state index is 11.2. The number of nitrogens with zero attached hydrogens (tertiary/aromatic N) is 2. The van der Waals surface area contributed by atoms with Crippen LogP contribution in [-0.4, -0.2) is 29.1 Å². The monoisotopic (exact) mass is 276 g/mol. The summed E-state index contributed by atoms with van der Waals surface area (Å²) in [5.74, 6) is -1.03. The number of hydrogen-bond acceptors (Lipinski definition) is 4. The fourth-order valence-electron chi connectivity index (χ4n) is 2.31. The van der Waals surface area contributed by atoms with Gasteiger partial charge in [0.15, 0.2) is 0 Å². The number of aliphatic carboxylic acids is 1. The zero-order valence-electron chi connectivity index (χ0n) is 11.2. The van der Waals surface area contributed by atoms with Gasteiger partial charge in [-0.2, -0.15) is 0 Å². The molecule has 6 heteroatoms. The number of carboxylic acid groups (broad SMARTS) is 1. The van der Waals surface area contributed by atoms with Crippen molar-refractivity contribution >= 4 is 23.4 Å². The molecule has 1 aromatic rings. The lowest BCUT2D eigenvalue weighted by molar-refractivity contribution is -0.384. The molecule has 6 nitrogen and oxygen atoms in total. The highest BCUT2D eigenvalue weighted by Gasteiger charge is 2.22. The Balaban J connectivity index is 2.39. The molecule has 1 N–H and O–H groups in total. The van der Waals surface area contributed by atoms with Crippen LogP contribution >= 0.6 is 0 Å². The van der Waals surface area contributed by atoms with Crippen molar-refractivity contribution in [1.29, 1.82) is 0 Å². The Kier molecular flexibility index (Phi) is 4.02. The molecule has 0 aromatic heterocycles. The zero-order chi connectivity index (χ0) is 14.7. The summed E-state index contributed by atoms with van der Waals surface area (Å²) in [7, 11) is 0. The zero-order valence-corrected chi connectivity index (χ0v) is 11.2. The highest BCUT2D eigenvalue weighted by atomic mass is 16.6. The molecule has 1 saturated heterocycles. The molecule has 0 atom stereocenters. The number of nitro groups is 1. The first-order valence-corrected chi connectivity index (χ1v) is 6.44. The lowest BCUT2D eigenvalue weighted by atomic mass is 10.1. The first kappa shape index (κ1) is 14.0. The van der Waals surface area contributed by atoms with Crippen LogP contribution in [0.15, 0.2) is 23.8 Å². The average Bonchev–Trinajstić information content (AvgIpc) is 2.92. The fourth-order valence-corrected chi connectivity index (χ4v) is 2.31. The van der Waals surface area contributed by atoms with Crippen molar-refractivity contribution in [3.8, 4) is 0 Å². The maximum Gasteiger partial charge on any atom is 0.331 e. The number of hydrogen-bond donors (Lipinski definition) is 1. The standard InChI is InChI=1S/C14H16N2O4/c1-10(14(17)18)8-11-4-5-12(13(9-11)16(19)20)15-6-2-3-7-15/h4-5,8-9H,2-3,6-7H2,1H3,(H,17,18)/b10-8+. The third-order valence-electron chi connectivity index (χ3n) is 3.36. The first-order valence-electron chi connectivity index (χ1n) is 6.44. The van der Waals surface area contributed by atoms with Crippen molar-refractivity contribution in [3.05, 3.63) is 39.4 Å². The van der Waals surface area contributed by atoms with E-state index in [1.807, 2.05) is 4.90 Å². The quantitative estimate of drug-likeness (QED) is 0.519. The molecule has 0 spiro atoms. The smallest absolute Gasteiger partial charge is 0.331 e. The average molecular weight is 276 g/mol. The number of anilines is 1. The third-order valence-corrected chi connectivity index (χ3v) is 3.36. The minimum absolute atomic E-state index is 0.0267. The van der Waals surface area contributed by atoms with Crippen molar-refractivity contribution in [3.63, 3.8) is 0 Å². The summed E-state index contributed by atoms with van der Waals surface area (Å²) in [4.78, 5) is 23.6. The van der Waals surface area contributed by atoms with Crippen LogP contribution in [0.4, 0.5) is 11.4 Å². The molecule has 0 unspecified atom stereocenters. The lowest BCUT2D eigenvalue weighted by Crippen LogP contribution is -2.18. The fraction of sp³-hybridized carbons (Fsp3) is 0.357. The van der Waals surface area contributed by atoms with Crippen molar-refractivity contribution in [2.24, 2.45) is 0 Å². The number of benzene rings is 1. The van der Waals surface area contributed by atoms with E-state index in [2.05, 4.69) is 0 Å². The van der Waals surface area contributed by atoms with Crippen LogP contribution < -0.4 is 4.90 Å². The van der Waals surface area contributed by atoms with Crippen LogP contribution in [-0.2, 0) is 4.79 Å². The second-order valence-corrected chi connectivity index (χ2v) is 4.83. The normalized spacial score (nSPS) is 15.4. The van der Waals surface area contributed by atoms with Crippen LogP contribution in [0.3, 0.4) is 0 Å². The van der Waals surface area contributed by atoms with Crippen LogP contribution in [0.5, 0.6) is 0 Å². The van der Waals surface area contributed by atoms with E-state index in [0.29, 0.717) is 11.3 Å². The van der Waals surface area contributed by atoms with E-state index in [9.17, 15) is 14.9 Å². The van der Waals surface area contributed by atoms with E-state index < -0.39 is 10.9 Å². The van der Waals surface area contributed by atoms with Gasteiger partial charge in [-0.1, -0.05) is 6.07 Å². The largest absolute Gasteiger partial charge is 0.478 e. The molecule has 1 aliphatic rings. The van der Waals surface area contributed by atoms with Crippen LogP contribution in [0.25, 0.3) is 6.08 Å². The van der Waals surface area contributed by atoms with E-state index in [4.69, 9.17) is 5.11 Å². The number of rotatable bonds is 4. The van der Waals surface area contributed by atoms with Crippen molar-refractivity contribution < 1.29 is 14.8 Å². The van der Waals surface area contributed by atoms with Gasteiger partial charge in [0, 0.05) is 24.7 Å². The highest BCUT2D eigenvalue weighted by Crippen LogP contribution is 2.32. The van der Waals surface area contributed by atoms with E-state index >= 15 is 0 Å². The van der Waals surface area contributed by atoms with Gasteiger partial charge < -0.3 is 10.0 Å². The van der Waals surface area contributed by atoms with E-state index in [-0.39, 0.29) is 11.3 Å². The Labute approximate surface area is 116 Å². The summed E-state index contributed by atoms with van der Waals surface area (Å²) >= 11 is 0. The van der Waals surface area contributed by atoms with Crippen molar-refractivity contribution in [2.45, 2.75) is 19.8 Å². The number of nitro benzene ring substituents is 1. The molecular weight excluding hydrogens is 260 g/mol. The van der Waals surface area contributed by atoms with Crippen molar-refractivity contribution in [2.75, 3.05) is 18.0 Å². The Bertz CT molecular complexity index is 575. The summed E-state index contributed by atoms with van der Waals surface area (Å²) in [5.41, 5.74) is 1.31. The van der Waals surface area contributed by atoms with E-state index in [1.54, 1.807) is 12.1 Å². The Morgan fingerprint density at radius 3 is 2.60 bits per heavy atom. The molecule has 0 bridgehead atoms. The van der Waals surface area contributed by atoms with Gasteiger partial charge in [-0.25, -0.2) is 4.79 Å². The van der Waals surface area contributed by atoms with Gasteiger partial charge in [-0.15, -0.1) is 0 Å². The first-order chi connectivity index (χ1) is 9.49. The third kappa shape index (κ3) is 2.96. The Hall–Kier alpha value is -2.37. The molecule has 0 aliphatic carbocycles. The molecule has 20 heavy (non-hydrogen) atoms. The SMILES string of the molecule is C/C(=C\c1ccc(N2CCCC2)c([N+](=O)[O-])c1)C(=O)O. The van der Waals surface area contributed by atoms with Gasteiger partial charge in [0.05, 0.1) is 4.92 Å². The molecule has 1 aliphatic heterocycles. The number of carbonyl (C=O) groups is 1. The predicted octanol–water partition coefficient (Wildman–Crippen LogP) is 2.68. The van der Waals surface area contributed by atoms with Gasteiger partial charge in [0.1, 0.15) is 5.69 Å². The molecule has 1 aromatic carbocycles. The molecule has 0 saturated carbocycles. The molecular formula is C14H16N2O4. The second-order valence-electron chi connectivity index (χ2n) is 4.83. The summed E-state index contributed by atoms with van der Waals surface area (Å²) in [6.07, 6.45) is 3.51. The van der Waals surface area contributed by atoms with Gasteiger partial charge in [-0.3, -0.25) is 10.1 Å². The predicted molar refractivity (Wildman–Crippen MR) is 75.8 cm³/mol. The Morgan fingerprint density at radius 1 is 1.40 bits per heavy atom. The number of carboxylic acids is 1. The minimum atomic E-state index is -1.03. The van der Waals surface area contributed by atoms with Crippen LogP contribution in [0, 0.1) is 10.1 Å². The lowest BCUT2D eigenvalue weighted by Gasteiger charge is -2.17. The molecule has 0 radical (unpaired) electrons. The Morgan fingerprint density at radius 2 is 2.05 bits per heavy atom. The topological polar surface area (TPSA) is 83.7 Å². The molecule has 0 amide bonds. The van der Waals surface area contributed by atoms with Gasteiger partial charge in [0.2, 0.25) is 0 Å². The summed E-state index contributed by atoms with van der Waals surface area (Å²) in [5, 5.41) is 20.0. The van der Waals surface area contributed by atoms with Gasteiger partial charge >= 0.3 is 5.97 Å². The summed E-state index contributed by atoms with van der Waals surface area (Å²) < 4.78 is 0. The second kappa shape index (κ2) is 5.73. The maximum atomic E-state index is 11.2. The molecule has 2 rings (SSSR count). The van der Waals surface area contributed by atoms with Gasteiger partial charge in [0.25, 0.3) is 5.69 Å².